The largest absolute Gasteiger partial charge is 0.493 e. The molecule has 18 heavy (non-hydrogen) atoms. The van der Waals surface area contributed by atoms with Gasteiger partial charge in [0.1, 0.15) is 5.75 Å². The lowest BCUT2D eigenvalue weighted by atomic mass is 10.0. The zero-order valence-corrected chi connectivity index (χ0v) is 11.9. The summed E-state index contributed by atoms with van der Waals surface area (Å²) in [7, 11) is 0. The minimum Gasteiger partial charge on any atom is -0.493 e. The van der Waals surface area contributed by atoms with Gasteiger partial charge in [0, 0.05) is 5.56 Å². The van der Waals surface area contributed by atoms with Crippen LogP contribution < -0.4 is 4.74 Å². The van der Waals surface area contributed by atoms with Crippen molar-refractivity contribution < 1.29 is 9.84 Å². The summed E-state index contributed by atoms with van der Waals surface area (Å²) in [6, 6.07) is 7.75. The second-order valence-corrected chi connectivity index (χ2v) is 4.94. The minimum absolute atomic E-state index is 0.475. The monoisotopic (exact) mass is 250 g/mol. The fourth-order valence-corrected chi connectivity index (χ4v) is 2.06. The van der Waals surface area contributed by atoms with E-state index in [0.29, 0.717) is 5.92 Å². The van der Waals surface area contributed by atoms with Gasteiger partial charge in [0.05, 0.1) is 12.7 Å². The van der Waals surface area contributed by atoms with Crippen LogP contribution in [0.5, 0.6) is 5.75 Å². The summed E-state index contributed by atoms with van der Waals surface area (Å²) in [5.41, 5.74) is 0.878. The molecule has 2 nitrogen and oxygen atoms in total. The molecule has 0 fully saturated rings. The quantitative estimate of drug-likeness (QED) is 0.744. The van der Waals surface area contributed by atoms with Crippen molar-refractivity contribution in [3.63, 3.8) is 0 Å². The van der Waals surface area contributed by atoms with Crippen LogP contribution in [0.2, 0.25) is 0 Å². The summed E-state index contributed by atoms with van der Waals surface area (Å²) in [6.07, 6.45) is 4.40. The lowest BCUT2D eigenvalue weighted by molar-refractivity contribution is 0.183. The van der Waals surface area contributed by atoms with Gasteiger partial charge in [-0.2, -0.15) is 0 Å². The number of rotatable bonds is 8. The van der Waals surface area contributed by atoms with E-state index in [1.54, 1.807) is 6.92 Å². The number of hydrogen-bond donors (Lipinski definition) is 1. The smallest absolute Gasteiger partial charge is 0.125 e. The van der Waals surface area contributed by atoms with E-state index in [2.05, 4.69) is 13.8 Å². The molecule has 1 aromatic carbocycles. The molecule has 0 amide bonds. The molecule has 1 unspecified atom stereocenters. The number of hydrogen-bond acceptors (Lipinski definition) is 2. The van der Waals surface area contributed by atoms with Gasteiger partial charge in [-0.1, -0.05) is 51.3 Å². The van der Waals surface area contributed by atoms with Crippen LogP contribution in [0.15, 0.2) is 24.3 Å². The highest BCUT2D eigenvalue weighted by Gasteiger charge is 2.11. The lowest BCUT2D eigenvalue weighted by Gasteiger charge is -2.18. The van der Waals surface area contributed by atoms with E-state index in [-0.39, 0.29) is 0 Å². The Labute approximate surface area is 111 Å². The predicted octanol–water partition coefficient (Wildman–Crippen LogP) is 4.34. The molecule has 2 heteroatoms. The van der Waals surface area contributed by atoms with Gasteiger partial charge in [-0.25, -0.2) is 0 Å². The number of aliphatic hydroxyl groups excluding tert-OH is 1. The van der Waals surface area contributed by atoms with E-state index in [1.807, 2.05) is 24.3 Å². The first kappa shape index (κ1) is 15.0. The molecule has 0 aliphatic carbocycles. The third-order valence-electron chi connectivity index (χ3n) is 3.39. The molecule has 0 heterocycles. The van der Waals surface area contributed by atoms with Crippen LogP contribution in [0, 0.1) is 5.92 Å². The molecule has 0 saturated carbocycles. The molecule has 2 atom stereocenters. The first-order valence-electron chi connectivity index (χ1n) is 7.08. The zero-order valence-electron chi connectivity index (χ0n) is 11.9. The molecule has 0 bridgehead atoms. The Bertz CT molecular complexity index is 334. The Balaban J connectivity index is 2.56. The number of unbranched alkanes of at least 4 members (excludes halogenated alkanes) is 1. The highest BCUT2D eigenvalue weighted by atomic mass is 16.5. The van der Waals surface area contributed by atoms with E-state index in [9.17, 15) is 5.11 Å². The van der Waals surface area contributed by atoms with Gasteiger partial charge in [0.25, 0.3) is 0 Å². The molecule has 1 N–H and O–H groups in total. The molecule has 0 aromatic heterocycles. The van der Waals surface area contributed by atoms with Crippen molar-refractivity contribution in [2.45, 2.75) is 52.6 Å². The van der Waals surface area contributed by atoms with Crippen LogP contribution in [0.3, 0.4) is 0 Å². The summed E-state index contributed by atoms with van der Waals surface area (Å²) in [4.78, 5) is 0. The van der Waals surface area contributed by atoms with Gasteiger partial charge in [-0.15, -0.1) is 0 Å². The van der Waals surface area contributed by atoms with Crippen LogP contribution in [-0.2, 0) is 0 Å². The first-order chi connectivity index (χ1) is 8.69. The van der Waals surface area contributed by atoms with Gasteiger partial charge in [-0.05, 0) is 25.3 Å². The van der Waals surface area contributed by atoms with Gasteiger partial charge in [0.15, 0.2) is 0 Å². The third kappa shape index (κ3) is 4.69. The number of ether oxygens (including phenoxy) is 1. The van der Waals surface area contributed by atoms with Crippen LogP contribution in [-0.4, -0.2) is 11.7 Å². The normalized spacial score (nSPS) is 14.2. The summed E-state index contributed by atoms with van der Waals surface area (Å²) in [6.45, 7) is 6.96. The van der Waals surface area contributed by atoms with E-state index < -0.39 is 6.10 Å². The number of aliphatic hydroxyl groups is 1. The van der Waals surface area contributed by atoms with Gasteiger partial charge in [-0.3, -0.25) is 0 Å². The molecule has 0 aliphatic rings. The van der Waals surface area contributed by atoms with E-state index in [4.69, 9.17) is 4.74 Å². The Kier molecular flexibility index (Phi) is 6.81. The van der Waals surface area contributed by atoms with Crippen molar-refractivity contribution in [2.75, 3.05) is 6.61 Å². The van der Waals surface area contributed by atoms with Crippen molar-refractivity contribution in [2.24, 2.45) is 5.92 Å². The van der Waals surface area contributed by atoms with Crippen LogP contribution in [0.4, 0.5) is 0 Å². The van der Waals surface area contributed by atoms with Crippen LogP contribution >= 0.6 is 0 Å². The highest BCUT2D eigenvalue weighted by molar-refractivity contribution is 5.34. The molecule has 0 aliphatic heterocycles. The fraction of sp³-hybridized carbons (Fsp3) is 0.625. The molecular formula is C16H26O2. The SMILES string of the molecule is CCCCC(CC)COc1ccccc1[C@H](C)O. The van der Waals surface area contributed by atoms with Gasteiger partial charge >= 0.3 is 0 Å². The summed E-state index contributed by atoms with van der Waals surface area (Å²) < 4.78 is 5.89. The zero-order chi connectivity index (χ0) is 13.4. The van der Waals surface area contributed by atoms with Crippen LogP contribution in [0.25, 0.3) is 0 Å². The average Bonchev–Trinajstić information content (AvgIpc) is 2.39. The van der Waals surface area contributed by atoms with Crippen molar-refractivity contribution in [3.8, 4) is 5.75 Å². The van der Waals surface area contributed by atoms with Crippen molar-refractivity contribution in [3.05, 3.63) is 29.8 Å². The summed E-state index contributed by atoms with van der Waals surface area (Å²) in [5.74, 6) is 1.44. The maximum absolute atomic E-state index is 9.69. The molecular weight excluding hydrogens is 224 g/mol. The van der Waals surface area contributed by atoms with Crippen molar-refractivity contribution in [1.82, 2.24) is 0 Å². The molecule has 0 radical (unpaired) electrons. The fourth-order valence-electron chi connectivity index (χ4n) is 2.06. The second-order valence-electron chi connectivity index (χ2n) is 4.94. The topological polar surface area (TPSA) is 29.5 Å². The molecule has 0 spiro atoms. The standard InChI is InChI=1S/C16H26O2/c1-4-6-9-14(5-2)12-18-16-11-8-7-10-15(16)13(3)17/h7-8,10-11,13-14,17H,4-6,9,12H2,1-3H3/t13-,14?/m0/s1. The molecule has 102 valence electrons. The van der Waals surface area contributed by atoms with Crippen molar-refractivity contribution >= 4 is 0 Å². The number of benzene rings is 1. The average molecular weight is 250 g/mol. The third-order valence-corrected chi connectivity index (χ3v) is 3.39. The van der Waals surface area contributed by atoms with Gasteiger partial charge in [0.2, 0.25) is 0 Å². The van der Waals surface area contributed by atoms with E-state index in [1.165, 1.54) is 19.3 Å². The summed E-state index contributed by atoms with van der Waals surface area (Å²) >= 11 is 0. The number of para-hydroxylation sites is 1. The first-order valence-corrected chi connectivity index (χ1v) is 7.08. The molecule has 0 saturated heterocycles. The Hall–Kier alpha value is -1.02. The molecule has 1 rings (SSSR count). The highest BCUT2D eigenvalue weighted by Crippen LogP contribution is 2.25. The minimum atomic E-state index is -0.475. The van der Waals surface area contributed by atoms with E-state index in [0.717, 1.165) is 24.3 Å². The lowest BCUT2D eigenvalue weighted by Crippen LogP contribution is -2.12. The Morgan fingerprint density at radius 2 is 1.94 bits per heavy atom. The Morgan fingerprint density at radius 1 is 1.22 bits per heavy atom. The van der Waals surface area contributed by atoms with Crippen LogP contribution in [0.1, 0.15) is 58.1 Å². The van der Waals surface area contributed by atoms with E-state index >= 15 is 0 Å². The summed E-state index contributed by atoms with van der Waals surface area (Å²) in [5, 5.41) is 9.69. The molecule has 1 aromatic rings. The Morgan fingerprint density at radius 3 is 2.56 bits per heavy atom. The maximum Gasteiger partial charge on any atom is 0.125 e. The van der Waals surface area contributed by atoms with Crippen molar-refractivity contribution in [1.29, 1.82) is 0 Å². The second kappa shape index (κ2) is 8.15. The predicted molar refractivity (Wildman–Crippen MR) is 75.9 cm³/mol. The van der Waals surface area contributed by atoms with Gasteiger partial charge < -0.3 is 9.84 Å². The maximum atomic E-state index is 9.69.